The number of carbonyl (C=O) groups is 2. The fraction of sp³-hybridized carbons (Fsp3) is 0.0556. The number of para-hydroxylation sites is 1. The van der Waals surface area contributed by atoms with Crippen molar-refractivity contribution in [1.82, 2.24) is 10.6 Å². The minimum atomic E-state index is -4.62. The van der Waals surface area contributed by atoms with Gasteiger partial charge < -0.3 is 8.92 Å². The Labute approximate surface area is 180 Å². The van der Waals surface area contributed by atoms with Crippen molar-refractivity contribution in [1.29, 1.82) is 0 Å². The molecule has 1 saturated heterocycles. The lowest BCUT2D eigenvalue weighted by Crippen LogP contribution is -2.51. The molecular formula is C18H13N3O8S2. The minimum absolute atomic E-state index is 0.00281. The molecule has 2 aromatic rings. The Morgan fingerprint density at radius 3 is 2.32 bits per heavy atom. The van der Waals surface area contributed by atoms with E-state index in [0.29, 0.717) is 0 Å². The molecule has 0 atom stereocenters. The molecule has 1 fully saturated rings. The van der Waals surface area contributed by atoms with Gasteiger partial charge in [-0.1, -0.05) is 18.2 Å². The number of nitro benzene ring substituents is 1. The molecule has 160 valence electrons. The number of nitrogens with zero attached hydrogens (tertiary/aromatic N) is 1. The van der Waals surface area contributed by atoms with Gasteiger partial charge in [-0.25, -0.2) is 0 Å². The van der Waals surface area contributed by atoms with Crippen LogP contribution in [-0.2, 0) is 19.7 Å². The number of ether oxygens (including phenoxy) is 1. The standard InChI is InChI=1S/C18H13N3O8S2/c1-28-13-7-6-10(8-11-16(22)19-18(30)20-17(11)23)9-14(13)29-31(26,27)15-5-3-2-4-12(15)21(24)25/h2-9H,1H3,(H2,19,20,22,23,30). The summed E-state index contributed by atoms with van der Waals surface area (Å²) in [5, 5.41) is 15.6. The van der Waals surface area contributed by atoms with Gasteiger partial charge in [-0.15, -0.1) is 0 Å². The van der Waals surface area contributed by atoms with Crippen LogP contribution >= 0.6 is 12.2 Å². The highest BCUT2D eigenvalue weighted by atomic mass is 32.2. The molecule has 0 aromatic heterocycles. The van der Waals surface area contributed by atoms with Crippen LogP contribution in [0.4, 0.5) is 5.69 Å². The van der Waals surface area contributed by atoms with E-state index in [1.54, 1.807) is 0 Å². The van der Waals surface area contributed by atoms with Crippen molar-refractivity contribution in [2.75, 3.05) is 7.11 Å². The van der Waals surface area contributed by atoms with Crippen molar-refractivity contribution in [2.45, 2.75) is 4.90 Å². The molecule has 0 spiro atoms. The number of rotatable bonds is 6. The maximum Gasteiger partial charge on any atom is 0.346 e. The van der Waals surface area contributed by atoms with Gasteiger partial charge in [0.05, 0.1) is 12.0 Å². The van der Waals surface area contributed by atoms with Crippen LogP contribution in [0.2, 0.25) is 0 Å². The van der Waals surface area contributed by atoms with Crippen LogP contribution in [0.5, 0.6) is 11.5 Å². The lowest BCUT2D eigenvalue weighted by atomic mass is 10.1. The highest BCUT2D eigenvalue weighted by Gasteiger charge is 2.29. The van der Waals surface area contributed by atoms with Crippen molar-refractivity contribution in [2.24, 2.45) is 0 Å². The van der Waals surface area contributed by atoms with Gasteiger partial charge >= 0.3 is 10.1 Å². The van der Waals surface area contributed by atoms with Gasteiger partial charge in [0.1, 0.15) is 5.57 Å². The molecular weight excluding hydrogens is 450 g/mol. The largest absolute Gasteiger partial charge is 0.493 e. The number of amides is 2. The second-order valence-corrected chi connectivity index (χ2v) is 7.89. The van der Waals surface area contributed by atoms with Crippen LogP contribution in [0.1, 0.15) is 5.56 Å². The first-order chi connectivity index (χ1) is 14.6. The SMILES string of the molecule is COc1ccc(C=C2C(=O)NC(=S)NC2=O)cc1OS(=O)(=O)c1ccccc1[N+](=O)[O-]. The van der Waals surface area contributed by atoms with E-state index < -0.39 is 37.4 Å². The number of thiocarbonyl (C=S) groups is 1. The Bertz CT molecular complexity index is 1230. The van der Waals surface area contributed by atoms with Crippen LogP contribution in [0.25, 0.3) is 6.08 Å². The average molecular weight is 463 g/mol. The zero-order valence-electron chi connectivity index (χ0n) is 15.6. The topological polar surface area (TPSA) is 154 Å². The molecule has 2 aromatic carbocycles. The highest BCUT2D eigenvalue weighted by Crippen LogP contribution is 2.33. The number of hydrogen-bond acceptors (Lipinski definition) is 9. The summed E-state index contributed by atoms with van der Waals surface area (Å²) in [4.78, 5) is 33.7. The van der Waals surface area contributed by atoms with Gasteiger partial charge in [-0.2, -0.15) is 8.42 Å². The number of nitro groups is 1. The van der Waals surface area contributed by atoms with Crippen LogP contribution < -0.4 is 19.6 Å². The quantitative estimate of drug-likeness (QED) is 0.161. The average Bonchev–Trinajstić information content (AvgIpc) is 2.70. The molecule has 1 aliphatic heterocycles. The van der Waals surface area contributed by atoms with Crippen molar-refractivity contribution in [3.63, 3.8) is 0 Å². The van der Waals surface area contributed by atoms with Crippen LogP contribution in [0.15, 0.2) is 52.9 Å². The fourth-order valence-electron chi connectivity index (χ4n) is 2.60. The Hall–Kier alpha value is -3.84. The molecule has 13 heteroatoms. The molecule has 1 aliphatic rings. The number of benzene rings is 2. The van der Waals surface area contributed by atoms with E-state index in [2.05, 4.69) is 10.6 Å². The van der Waals surface area contributed by atoms with Gasteiger partial charge in [0.2, 0.25) is 0 Å². The van der Waals surface area contributed by atoms with E-state index in [4.69, 9.17) is 21.1 Å². The second-order valence-electron chi connectivity index (χ2n) is 5.97. The van der Waals surface area contributed by atoms with Crippen molar-refractivity contribution in [3.05, 3.63) is 63.7 Å². The van der Waals surface area contributed by atoms with Crippen molar-refractivity contribution < 1.29 is 31.9 Å². The summed E-state index contributed by atoms with van der Waals surface area (Å²) < 4.78 is 35.6. The summed E-state index contributed by atoms with van der Waals surface area (Å²) >= 11 is 4.72. The number of nitrogens with one attached hydrogen (secondary N) is 2. The van der Waals surface area contributed by atoms with E-state index in [-0.39, 0.29) is 27.7 Å². The van der Waals surface area contributed by atoms with Gasteiger partial charge in [0, 0.05) is 6.07 Å². The monoisotopic (exact) mass is 463 g/mol. The van der Waals surface area contributed by atoms with Crippen LogP contribution in [-0.4, -0.2) is 37.4 Å². The van der Waals surface area contributed by atoms with Gasteiger partial charge in [-0.3, -0.25) is 30.3 Å². The Balaban J connectivity index is 2.02. The Morgan fingerprint density at radius 1 is 1.06 bits per heavy atom. The lowest BCUT2D eigenvalue weighted by Gasteiger charge is -2.16. The molecule has 2 amide bonds. The molecule has 1 heterocycles. The lowest BCUT2D eigenvalue weighted by molar-refractivity contribution is -0.387. The van der Waals surface area contributed by atoms with Gasteiger partial charge in [-0.05, 0) is 42.1 Å². The molecule has 11 nitrogen and oxygen atoms in total. The third kappa shape index (κ3) is 4.67. The summed E-state index contributed by atoms with van der Waals surface area (Å²) in [7, 11) is -3.35. The third-order valence-corrected chi connectivity index (χ3v) is 5.46. The normalized spacial score (nSPS) is 13.8. The predicted octanol–water partition coefficient (Wildman–Crippen LogP) is 1.29. The van der Waals surface area contributed by atoms with E-state index in [1.165, 1.54) is 43.5 Å². The maximum atomic E-state index is 12.7. The zero-order valence-corrected chi connectivity index (χ0v) is 17.3. The summed E-state index contributed by atoms with van der Waals surface area (Å²) in [5.74, 6) is -1.77. The summed E-state index contributed by atoms with van der Waals surface area (Å²) in [6.45, 7) is 0. The first-order valence-electron chi connectivity index (χ1n) is 8.36. The Morgan fingerprint density at radius 2 is 1.71 bits per heavy atom. The highest BCUT2D eigenvalue weighted by molar-refractivity contribution is 7.87. The first kappa shape index (κ1) is 21.9. The molecule has 0 radical (unpaired) electrons. The van der Waals surface area contributed by atoms with E-state index in [9.17, 15) is 28.1 Å². The van der Waals surface area contributed by atoms with Gasteiger partial charge in [0.25, 0.3) is 17.5 Å². The zero-order chi connectivity index (χ0) is 22.8. The van der Waals surface area contributed by atoms with E-state index in [0.717, 1.165) is 12.1 Å². The van der Waals surface area contributed by atoms with Gasteiger partial charge in [0.15, 0.2) is 21.5 Å². The van der Waals surface area contributed by atoms with Crippen molar-refractivity contribution in [3.8, 4) is 11.5 Å². The maximum absolute atomic E-state index is 12.7. The third-order valence-electron chi connectivity index (χ3n) is 3.97. The molecule has 0 unspecified atom stereocenters. The summed E-state index contributed by atoms with van der Waals surface area (Å²) in [6, 6.07) is 8.68. The summed E-state index contributed by atoms with van der Waals surface area (Å²) in [5.41, 5.74) is -0.709. The van der Waals surface area contributed by atoms with Crippen molar-refractivity contribution >= 4 is 51.0 Å². The molecule has 2 N–H and O–H groups in total. The number of methoxy groups -OCH3 is 1. The predicted molar refractivity (Wildman–Crippen MR) is 111 cm³/mol. The summed E-state index contributed by atoms with van der Waals surface area (Å²) in [6.07, 6.45) is 1.19. The second kappa shape index (κ2) is 8.49. The minimum Gasteiger partial charge on any atom is -0.493 e. The molecule has 3 rings (SSSR count). The van der Waals surface area contributed by atoms with Crippen LogP contribution in [0, 0.1) is 10.1 Å². The smallest absolute Gasteiger partial charge is 0.346 e. The molecule has 0 bridgehead atoms. The molecule has 0 aliphatic carbocycles. The first-order valence-corrected chi connectivity index (χ1v) is 10.2. The van der Waals surface area contributed by atoms with Crippen LogP contribution in [0.3, 0.4) is 0 Å². The number of carbonyl (C=O) groups excluding carboxylic acids is 2. The molecule has 31 heavy (non-hydrogen) atoms. The van der Waals surface area contributed by atoms with E-state index >= 15 is 0 Å². The molecule has 0 saturated carbocycles. The Kier molecular flexibility index (Phi) is 5.99. The fourth-order valence-corrected chi connectivity index (χ4v) is 3.89. The van der Waals surface area contributed by atoms with E-state index in [1.807, 2.05) is 0 Å². The number of hydrogen-bond donors (Lipinski definition) is 2.